The summed E-state index contributed by atoms with van der Waals surface area (Å²) >= 11 is 24.3. The van der Waals surface area contributed by atoms with Crippen LogP contribution in [0.2, 0.25) is 15.1 Å². The molecule has 10 heteroatoms. The number of benzene rings is 3. The van der Waals surface area contributed by atoms with Crippen LogP contribution in [0, 0.1) is 6.92 Å². The van der Waals surface area contributed by atoms with E-state index in [1.165, 1.54) is 6.07 Å². The lowest BCUT2D eigenvalue weighted by atomic mass is 10.1. The van der Waals surface area contributed by atoms with E-state index < -0.39 is 11.8 Å². The van der Waals surface area contributed by atoms with Crippen LogP contribution in [0.4, 0.5) is 11.4 Å². The molecule has 6 nitrogen and oxygen atoms in total. The van der Waals surface area contributed by atoms with Gasteiger partial charge in [0, 0.05) is 32.9 Å². The SMILES string of the molecule is Cc1ccc(Cl)cc1N1C(=O)C(Cl)=C(Nc2cccc(C(=O)NCc3ccc(Cl)cc3Cl)c2)C1=O. The largest absolute Gasteiger partial charge is 0.350 e. The van der Waals surface area contributed by atoms with E-state index in [2.05, 4.69) is 10.6 Å². The van der Waals surface area contributed by atoms with Gasteiger partial charge >= 0.3 is 0 Å². The van der Waals surface area contributed by atoms with E-state index in [0.29, 0.717) is 43.1 Å². The number of rotatable bonds is 6. The smallest absolute Gasteiger partial charge is 0.283 e. The Morgan fingerprint density at radius 3 is 2.34 bits per heavy atom. The number of hydrogen-bond donors (Lipinski definition) is 2. The van der Waals surface area contributed by atoms with E-state index in [0.717, 1.165) is 4.90 Å². The highest BCUT2D eigenvalue weighted by atomic mass is 35.5. The van der Waals surface area contributed by atoms with E-state index in [1.807, 2.05) is 0 Å². The third-order valence-corrected chi connectivity index (χ3v) is 6.46. The molecule has 3 aromatic carbocycles. The molecule has 178 valence electrons. The molecule has 4 rings (SSSR count). The summed E-state index contributed by atoms with van der Waals surface area (Å²) in [6.45, 7) is 1.95. The second kappa shape index (κ2) is 10.3. The van der Waals surface area contributed by atoms with Crippen molar-refractivity contribution < 1.29 is 14.4 Å². The summed E-state index contributed by atoms with van der Waals surface area (Å²) in [6, 6.07) is 16.4. The zero-order valence-corrected chi connectivity index (χ0v) is 21.2. The molecule has 0 bridgehead atoms. The van der Waals surface area contributed by atoms with Gasteiger partial charge in [0.05, 0.1) is 5.69 Å². The molecule has 1 heterocycles. The molecule has 0 aliphatic carbocycles. The van der Waals surface area contributed by atoms with Crippen LogP contribution >= 0.6 is 46.4 Å². The number of nitrogens with zero attached hydrogens (tertiary/aromatic N) is 1. The first kappa shape index (κ1) is 25.1. The van der Waals surface area contributed by atoms with Gasteiger partial charge in [-0.3, -0.25) is 14.4 Å². The van der Waals surface area contributed by atoms with Crippen molar-refractivity contribution in [2.75, 3.05) is 10.2 Å². The Balaban J connectivity index is 1.51. The van der Waals surface area contributed by atoms with Crippen LogP contribution in [0.1, 0.15) is 21.5 Å². The van der Waals surface area contributed by atoms with Gasteiger partial charge in [0.15, 0.2) is 0 Å². The molecule has 0 aromatic heterocycles. The minimum absolute atomic E-state index is 0.0958. The fourth-order valence-corrected chi connectivity index (χ4v) is 4.33. The summed E-state index contributed by atoms with van der Waals surface area (Å²) in [5.41, 5.74) is 2.37. The second-order valence-corrected chi connectivity index (χ2v) is 9.35. The lowest BCUT2D eigenvalue weighted by Crippen LogP contribution is -2.32. The molecule has 0 unspecified atom stereocenters. The van der Waals surface area contributed by atoms with E-state index in [4.69, 9.17) is 46.4 Å². The van der Waals surface area contributed by atoms with Crippen molar-refractivity contribution >= 4 is 75.5 Å². The van der Waals surface area contributed by atoms with Crippen molar-refractivity contribution in [3.05, 3.63) is 103 Å². The van der Waals surface area contributed by atoms with Crippen LogP contribution in [0.3, 0.4) is 0 Å². The van der Waals surface area contributed by atoms with Crippen molar-refractivity contribution in [3.63, 3.8) is 0 Å². The molecule has 3 amide bonds. The normalized spacial score (nSPS) is 13.5. The number of carbonyl (C=O) groups excluding carboxylic acids is 3. The molecule has 3 aromatic rings. The van der Waals surface area contributed by atoms with Crippen LogP contribution in [-0.2, 0) is 16.1 Å². The van der Waals surface area contributed by atoms with Gasteiger partial charge in [-0.25, -0.2) is 4.90 Å². The quantitative estimate of drug-likeness (QED) is 0.353. The fourth-order valence-electron chi connectivity index (χ4n) is 3.48. The average molecular weight is 549 g/mol. The van der Waals surface area contributed by atoms with E-state index in [9.17, 15) is 14.4 Å². The predicted octanol–water partition coefficient (Wildman–Crippen LogP) is 6.32. The van der Waals surface area contributed by atoms with Gasteiger partial charge in [-0.15, -0.1) is 0 Å². The van der Waals surface area contributed by atoms with Crippen LogP contribution in [-0.4, -0.2) is 17.7 Å². The van der Waals surface area contributed by atoms with Gasteiger partial charge in [-0.2, -0.15) is 0 Å². The standard InChI is InChI=1S/C25H17Cl4N3O3/c1-13-5-7-17(27)11-20(13)32-24(34)21(29)22(25(32)35)31-18-4-2-3-14(9-18)23(33)30-12-15-6-8-16(26)10-19(15)28/h2-11,31H,12H2,1H3,(H,30,33). The monoisotopic (exact) mass is 547 g/mol. The number of hydrogen-bond acceptors (Lipinski definition) is 4. The minimum Gasteiger partial charge on any atom is -0.350 e. The molecular weight excluding hydrogens is 532 g/mol. The highest BCUT2D eigenvalue weighted by molar-refractivity contribution is 6.53. The third-order valence-electron chi connectivity index (χ3n) is 5.29. The molecule has 0 radical (unpaired) electrons. The van der Waals surface area contributed by atoms with E-state index >= 15 is 0 Å². The number of aryl methyl sites for hydroxylation is 1. The maximum absolute atomic E-state index is 13.1. The number of carbonyl (C=O) groups is 3. The lowest BCUT2D eigenvalue weighted by Gasteiger charge is -2.18. The molecular formula is C25H17Cl4N3O3. The highest BCUT2D eigenvalue weighted by Crippen LogP contribution is 2.33. The van der Waals surface area contributed by atoms with Crippen molar-refractivity contribution in [3.8, 4) is 0 Å². The van der Waals surface area contributed by atoms with Crippen LogP contribution in [0.15, 0.2) is 71.4 Å². The average Bonchev–Trinajstić information content (AvgIpc) is 3.03. The molecule has 2 N–H and O–H groups in total. The summed E-state index contributed by atoms with van der Waals surface area (Å²) in [5, 5.41) is 6.72. The Bertz CT molecular complexity index is 1400. The van der Waals surface area contributed by atoms with Crippen LogP contribution in [0.5, 0.6) is 0 Å². The molecule has 35 heavy (non-hydrogen) atoms. The first-order valence-electron chi connectivity index (χ1n) is 10.3. The first-order chi connectivity index (χ1) is 16.7. The summed E-state index contributed by atoms with van der Waals surface area (Å²) in [7, 11) is 0. The van der Waals surface area contributed by atoms with Crippen LogP contribution < -0.4 is 15.5 Å². The van der Waals surface area contributed by atoms with Gasteiger partial charge in [0.1, 0.15) is 10.7 Å². The number of nitrogens with one attached hydrogen (secondary N) is 2. The number of imide groups is 1. The molecule has 0 saturated carbocycles. The number of anilines is 2. The third kappa shape index (κ3) is 5.31. The van der Waals surface area contributed by atoms with Crippen molar-refractivity contribution in [1.29, 1.82) is 0 Å². The zero-order chi connectivity index (χ0) is 25.3. The van der Waals surface area contributed by atoms with Gasteiger partial charge in [0.2, 0.25) is 0 Å². The van der Waals surface area contributed by atoms with Crippen molar-refractivity contribution in [2.45, 2.75) is 13.5 Å². The minimum atomic E-state index is -0.668. The Hall–Kier alpha value is -3.03. The molecule has 1 aliphatic heterocycles. The molecule has 1 aliphatic rings. The van der Waals surface area contributed by atoms with Crippen LogP contribution in [0.25, 0.3) is 0 Å². The molecule has 0 saturated heterocycles. The number of amides is 3. The Labute approximate surface area is 221 Å². The summed E-state index contributed by atoms with van der Waals surface area (Å²) in [5.74, 6) is -1.65. The molecule has 0 fully saturated rings. The topological polar surface area (TPSA) is 78.5 Å². The molecule has 0 atom stereocenters. The summed E-state index contributed by atoms with van der Waals surface area (Å²) < 4.78 is 0. The summed E-state index contributed by atoms with van der Waals surface area (Å²) in [6.07, 6.45) is 0. The molecule has 0 spiro atoms. The maximum atomic E-state index is 13.1. The van der Waals surface area contributed by atoms with E-state index in [1.54, 1.807) is 61.5 Å². The Kier molecular flexibility index (Phi) is 7.38. The fraction of sp³-hybridized carbons (Fsp3) is 0.0800. The van der Waals surface area contributed by atoms with Gasteiger partial charge in [-0.05, 0) is 60.5 Å². The maximum Gasteiger partial charge on any atom is 0.283 e. The van der Waals surface area contributed by atoms with E-state index in [-0.39, 0.29) is 23.2 Å². The van der Waals surface area contributed by atoms with Crippen molar-refractivity contribution in [2.24, 2.45) is 0 Å². The second-order valence-electron chi connectivity index (χ2n) is 7.69. The highest BCUT2D eigenvalue weighted by Gasteiger charge is 2.39. The van der Waals surface area contributed by atoms with Gasteiger partial charge in [-0.1, -0.05) is 64.6 Å². The predicted molar refractivity (Wildman–Crippen MR) is 139 cm³/mol. The first-order valence-corrected chi connectivity index (χ1v) is 11.8. The Morgan fingerprint density at radius 1 is 0.886 bits per heavy atom. The van der Waals surface area contributed by atoms with Gasteiger partial charge in [0.25, 0.3) is 17.7 Å². The van der Waals surface area contributed by atoms with Gasteiger partial charge < -0.3 is 10.6 Å². The summed E-state index contributed by atoms with van der Waals surface area (Å²) in [4.78, 5) is 39.5. The number of halogens is 4. The van der Waals surface area contributed by atoms with Crippen molar-refractivity contribution in [1.82, 2.24) is 5.32 Å². The zero-order valence-electron chi connectivity index (χ0n) is 18.2. The Morgan fingerprint density at radius 2 is 1.60 bits per heavy atom. The lowest BCUT2D eigenvalue weighted by molar-refractivity contribution is -0.120.